The van der Waals surface area contributed by atoms with E-state index in [0.717, 1.165) is 39.2 Å². The molecule has 0 amide bonds. The molecule has 13 rings (SSSR count). The number of imidazole rings is 1. The van der Waals surface area contributed by atoms with Crippen LogP contribution in [0.5, 0.6) is 0 Å². The van der Waals surface area contributed by atoms with Gasteiger partial charge in [-0.1, -0.05) is 200 Å². The Morgan fingerprint density at radius 3 is 1.07 bits per heavy atom. The first-order valence-electron chi connectivity index (χ1n) is 24.4. The van der Waals surface area contributed by atoms with E-state index in [1.807, 2.05) is 0 Å². The third kappa shape index (κ3) is 7.78. The Morgan fingerprint density at radius 2 is 0.577 bits per heavy atom. The summed E-state index contributed by atoms with van der Waals surface area (Å²) >= 11 is 0. The Labute approximate surface area is 414 Å². The van der Waals surface area contributed by atoms with Gasteiger partial charge < -0.3 is 0 Å². The number of nitrogens with zero attached hydrogens (tertiary/aromatic N) is 1. The number of nitrogens with one attached hydrogen (secondary N) is 1. The third-order valence-electron chi connectivity index (χ3n) is 14.0. The molecule has 1 N–H and O–H groups in total. The minimum Gasteiger partial charge on any atom is -0.236 e. The van der Waals surface area contributed by atoms with Crippen LogP contribution in [0.1, 0.15) is 0 Å². The van der Waals surface area contributed by atoms with Crippen LogP contribution in [0.2, 0.25) is 0 Å². The zero-order valence-electron chi connectivity index (χ0n) is 39.0. The molecule has 0 saturated carbocycles. The fourth-order valence-corrected chi connectivity index (χ4v) is 10.7. The SMILES string of the molecule is c1ccc(-c2cc(-c3ccccc3)cc(-c3c4ccccc4c(-c4cc(-c5ccccc5)cc(-c5ccccc5)c4)c4cc(-c5ccc(-c6[nH]c7ccccc7[n+]6-c6ccccc6)cc5)ccc34)c2)cc1. The lowest BCUT2D eigenvalue weighted by molar-refractivity contribution is -0.554. The molecular formula is C69H47N2+. The summed E-state index contributed by atoms with van der Waals surface area (Å²) in [6.45, 7) is 0. The number of aromatic nitrogens is 2. The van der Waals surface area contributed by atoms with Gasteiger partial charge in [-0.15, -0.1) is 0 Å². The Bertz CT molecular complexity index is 3930. The van der Waals surface area contributed by atoms with Gasteiger partial charge in [0.05, 0.1) is 5.56 Å². The maximum Gasteiger partial charge on any atom is 0.292 e. The molecule has 332 valence electrons. The van der Waals surface area contributed by atoms with Crippen LogP contribution >= 0.6 is 0 Å². The molecule has 0 aliphatic heterocycles. The molecule has 12 aromatic carbocycles. The largest absolute Gasteiger partial charge is 0.292 e. The molecule has 13 aromatic rings. The van der Waals surface area contributed by atoms with Crippen molar-refractivity contribution in [2.45, 2.75) is 0 Å². The van der Waals surface area contributed by atoms with Crippen molar-refractivity contribution in [1.82, 2.24) is 4.98 Å². The highest BCUT2D eigenvalue weighted by molar-refractivity contribution is 6.22. The summed E-state index contributed by atoms with van der Waals surface area (Å²) in [5.41, 5.74) is 21.1. The summed E-state index contributed by atoms with van der Waals surface area (Å²) in [4.78, 5) is 3.75. The summed E-state index contributed by atoms with van der Waals surface area (Å²) in [7, 11) is 0. The maximum atomic E-state index is 3.75. The number of hydrogen-bond acceptors (Lipinski definition) is 0. The molecule has 2 nitrogen and oxygen atoms in total. The van der Waals surface area contributed by atoms with Gasteiger partial charge in [0.25, 0.3) is 5.82 Å². The first-order valence-corrected chi connectivity index (χ1v) is 24.4. The number of rotatable bonds is 9. The van der Waals surface area contributed by atoms with Crippen molar-refractivity contribution >= 4 is 32.6 Å². The van der Waals surface area contributed by atoms with E-state index < -0.39 is 0 Å². The molecule has 0 atom stereocenters. The number of aromatic amines is 1. The summed E-state index contributed by atoms with van der Waals surface area (Å²) < 4.78 is 2.32. The average Bonchev–Trinajstić information content (AvgIpc) is 3.85. The topological polar surface area (TPSA) is 19.7 Å². The van der Waals surface area contributed by atoms with Gasteiger partial charge in [-0.05, 0) is 178 Å². The number of H-pyrrole nitrogens is 1. The molecule has 71 heavy (non-hydrogen) atoms. The quantitative estimate of drug-likeness (QED) is 0.110. The second kappa shape index (κ2) is 17.9. The van der Waals surface area contributed by atoms with Crippen molar-refractivity contribution in [2.75, 3.05) is 0 Å². The molecule has 0 aliphatic carbocycles. The number of para-hydroxylation sites is 3. The normalized spacial score (nSPS) is 11.4. The summed E-state index contributed by atoms with van der Waals surface area (Å²) in [6, 6.07) is 102. The zero-order chi connectivity index (χ0) is 47.1. The van der Waals surface area contributed by atoms with E-state index in [4.69, 9.17) is 0 Å². The highest BCUT2D eigenvalue weighted by Crippen LogP contribution is 2.48. The van der Waals surface area contributed by atoms with E-state index in [0.29, 0.717) is 0 Å². The van der Waals surface area contributed by atoms with E-state index in [1.165, 1.54) is 88.3 Å². The Morgan fingerprint density at radius 1 is 0.225 bits per heavy atom. The fraction of sp³-hybridized carbons (Fsp3) is 0. The van der Waals surface area contributed by atoms with Gasteiger partial charge in [-0.2, -0.15) is 4.57 Å². The van der Waals surface area contributed by atoms with Gasteiger partial charge >= 0.3 is 0 Å². The lowest BCUT2D eigenvalue weighted by Crippen LogP contribution is -2.31. The highest BCUT2D eigenvalue weighted by Gasteiger charge is 2.23. The zero-order valence-corrected chi connectivity index (χ0v) is 39.0. The molecule has 1 aromatic heterocycles. The van der Waals surface area contributed by atoms with E-state index in [9.17, 15) is 0 Å². The molecule has 1 heterocycles. The van der Waals surface area contributed by atoms with Crippen LogP contribution in [0.15, 0.2) is 279 Å². The Balaban J connectivity index is 1.07. The average molecular weight is 904 g/mol. The van der Waals surface area contributed by atoms with Crippen molar-refractivity contribution in [3.8, 4) is 95.0 Å². The number of hydrogen-bond donors (Lipinski definition) is 1. The summed E-state index contributed by atoms with van der Waals surface area (Å²) in [6.07, 6.45) is 0. The van der Waals surface area contributed by atoms with Gasteiger partial charge in [-0.25, -0.2) is 4.98 Å². The van der Waals surface area contributed by atoms with Gasteiger partial charge in [0.15, 0.2) is 11.0 Å². The van der Waals surface area contributed by atoms with Gasteiger partial charge in [0.2, 0.25) is 0 Å². The van der Waals surface area contributed by atoms with Crippen molar-refractivity contribution in [1.29, 1.82) is 0 Å². The first-order chi connectivity index (χ1) is 35.2. The Hall–Kier alpha value is -9.37. The van der Waals surface area contributed by atoms with E-state index in [-0.39, 0.29) is 0 Å². The molecular weight excluding hydrogens is 857 g/mol. The van der Waals surface area contributed by atoms with Crippen molar-refractivity contribution in [3.05, 3.63) is 279 Å². The summed E-state index contributed by atoms with van der Waals surface area (Å²) in [5, 5.41) is 4.83. The van der Waals surface area contributed by atoms with Crippen LogP contribution < -0.4 is 4.57 Å². The molecule has 0 saturated heterocycles. The van der Waals surface area contributed by atoms with E-state index >= 15 is 0 Å². The molecule has 0 fully saturated rings. The highest BCUT2D eigenvalue weighted by atomic mass is 15.1. The molecule has 0 unspecified atom stereocenters. The summed E-state index contributed by atoms with van der Waals surface area (Å²) in [5.74, 6) is 1.04. The second-order valence-corrected chi connectivity index (χ2v) is 18.4. The van der Waals surface area contributed by atoms with Gasteiger partial charge in [0, 0.05) is 0 Å². The molecule has 0 bridgehead atoms. The van der Waals surface area contributed by atoms with Crippen molar-refractivity contribution in [2.24, 2.45) is 0 Å². The third-order valence-corrected chi connectivity index (χ3v) is 14.0. The molecule has 0 aliphatic rings. The maximum absolute atomic E-state index is 3.75. The molecule has 2 heteroatoms. The Kier molecular flexibility index (Phi) is 10.6. The van der Waals surface area contributed by atoms with Crippen LogP contribution in [-0.2, 0) is 0 Å². The van der Waals surface area contributed by atoms with Crippen LogP contribution in [-0.4, -0.2) is 4.98 Å². The van der Waals surface area contributed by atoms with Crippen LogP contribution in [0.25, 0.3) is 128 Å². The van der Waals surface area contributed by atoms with Crippen LogP contribution in [0, 0.1) is 0 Å². The number of benzene rings is 12. The minimum absolute atomic E-state index is 1.04. The van der Waals surface area contributed by atoms with Crippen molar-refractivity contribution in [3.63, 3.8) is 0 Å². The number of fused-ring (bicyclic) bond motifs is 3. The van der Waals surface area contributed by atoms with Crippen LogP contribution in [0.4, 0.5) is 0 Å². The molecule has 0 radical (unpaired) electrons. The molecule has 0 spiro atoms. The fourth-order valence-electron chi connectivity index (χ4n) is 10.7. The second-order valence-electron chi connectivity index (χ2n) is 18.4. The van der Waals surface area contributed by atoms with Crippen molar-refractivity contribution < 1.29 is 4.57 Å². The van der Waals surface area contributed by atoms with Gasteiger partial charge in [0.1, 0.15) is 5.69 Å². The lowest BCUT2D eigenvalue weighted by atomic mass is 9.82. The monoisotopic (exact) mass is 903 g/mol. The van der Waals surface area contributed by atoms with Crippen LogP contribution in [0.3, 0.4) is 0 Å². The minimum atomic E-state index is 1.04. The smallest absolute Gasteiger partial charge is 0.236 e. The van der Waals surface area contributed by atoms with E-state index in [2.05, 4.69) is 289 Å². The predicted octanol–water partition coefficient (Wildman–Crippen LogP) is 18.1. The van der Waals surface area contributed by atoms with E-state index in [1.54, 1.807) is 0 Å². The lowest BCUT2D eigenvalue weighted by Gasteiger charge is -2.21. The predicted molar refractivity (Wildman–Crippen MR) is 298 cm³/mol. The van der Waals surface area contributed by atoms with Gasteiger partial charge in [-0.3, -0.25) is 0 Å². The first kappa shape index (κ1) is 41.8. The standard InChI is InChI=1S/C69H46N2/c1-6-20-47(21-7-1)54-40-55(48-22-8-2-9-23-48)43-58(42-54)67-61-30-16-17-31-62(61)68(59-44-56(49-24-10-3-11-25-49)41-57(45-59)50-26-12-4-13-27-50)64-46-53(38-39-63(64)67)51-34-36-52(37-35-51)69-70-65-32-18-19-33-66(65)71(69)60-28-14-5-15-29-60/h1-46H/p+1.